The first kappa shape index (κ1) is 17.9. The first-order valence-corrected chi connectivity index (χ1v) is 6.67. The zero-order valence-corrected chi connectivity index (χ0v) is 13.3. The number of benzene rings is 1. The monoisotopic (exact) mass is 314 g/mol. The molecule has 0 saturated heterocycles. The van der Waals surface area contributed by atoms with Gasteiger partial charge in [-0.1, -0.05) is 0 Å². The van der Waals surface area contributed by atoms with Crippen LogP contribution in [0.2, 0.25) is 0 Å². The van der Waals surface area contributed by atoms with E-state index in [1.165, 1.54) is 14.1 Å². The number of carbonyl (C=O) groups excluding carboxylic acids is 2. The van der Waals surface area contributed by atoms with Gasteiger partial charge in [-0.25, -0.2) is 23.3 Å². The van der Waals surface area contributed by atoms with E-state index in [4.69, 9.17) is 4.74 Å². The van der Waals surface area contributed by atoms with Crippen LogP contribution in [0.15, 0.2) is 18.2 Å². The van der Waals surface area contributed by atoms with Crippen LogP contribution in [0.1, 0.15) is 26.3 Å². The highest BCUT2D eigenvalue weighted by molar-refractivity contribution is 5.90. The van der Waals surface area contributed by atoms with Crippen molar-refractivity contribution in [1.29, 1.82) is 0 Å². The Kier molecular flexibility index (Phi) is 5.46. The summed E-state index contributed by atoms with van der Waals surface area (Å²) < 4.78 is 31.8. The summed E-state index contributed by atoms with van der Waals surface area (Å²) in [6, 6.07) is 2.30. The van der Waals surface area contributed by atoms with Crippen LogP contribution in [0.5, 0.6) is 0 Å². The summed E-state index contributed by atoms with van der Waals surface area (Å²) in [5, 5.41) is 0. The minimum Gasteiger partial charge on any atom is -0.443 e. The number of urea groups is 1. The highest BCUT2D eigenvalue weighted by Crippen LogP contribution is 2.14. The van der Waals surface area contributed by atoms with E-state index in [1.807, 2.05) is 0 Å². The van der Waals surface area contributed by atoms with E-state index in [0.717, 1.165) is 28.0 Å². The Morgan fingerprint density at radius 1 is 1.18 bits per heavy atom. The van der Waals surface area contributed by atoms with Crippen LogP contribution < -0.4 is 0 Å². The third kappa shape index (κ3) is 4.98. The Bertz CT molecular complexity index is 570. The van der Waals surface area contributed by atoms with Crippen LogP contribution in [0.4, 0.5) is 18.4 Å². The molecule has 0 atom stereocenters. The Morgan fingerprint density at radius 2 is 1.77 bits per heavy atom. The third-order valence-corrected chi connectivity index (χ3v) is 2.70. The molecule has 122 valence electrons. The van der Waals surface area contributed by atoms with Crippen molar-refractivity contribution < 1.29 is 23.1 Å². The van der Waals surface area contributed by atoms with E-state index >= 15 is 0 Å². The van der Waals surface area contributed by atoms with Crippen LogP contribution >= 0.6 is 0 Å². The normalized spacial score (nSPS) is 11.0. The van der Waals surface area contributed by atoms with E-state index in [1.54, 1.807) is 20.8 Å². The minimum absolute atomic E-state index is 0.0217. The molecule has 22 heavy (non-hydrogen) atoms. The lowest BCUT2D eigenvalue weighted by molar-refractivity contribution is 0.0332. The quantitative estimate of drug-likeness (QED) is 0.841. The topological polar surface area (TPSA) is 49.9 Å². The van der Waals surface area contributed by atoms with E-state index < -0.39 is 29.4 Å². The number of nitrogens with zero attached hydrogens (tertiary/aromatic N) is 2. The van der Waals surface area contributed by atoms with Gasteiger partial charge in [0.25, 0.3) is 0 Å². The van der Waals surface area contributed by atoms with Gasteiger partial charge < -0.3 is 9.64 Å². The van der Waals surface area contributed by atoms with Gasteiger partial charge in [-0.15, -0.1) is 0 Å². The summed E-state index contributed by atoms with van der Waals surface area (Å²) in [5.41, 5.74) is -0.716. The molecule has 0 aliphatic heterocycles. The minimum atomic E-state index is -0.816. The maximum absolute atomic E-state index is 13.6. The summed E-state index contributed by atoms with van der Waals surface area (Å²) in [6.07, 6.45) is -0.816. The highest BCUT2D eigenvalue weighted by Gasteiger charge is 2.26. The van der Waals surface area contributed by atoms with Crippen LogP contribution in [0, 0.1) is 11.6 Å². The van der Waals surface area contributed by atoms with Crippen molar-refractivity contribution in [3.8, 4) is 0 Å². The van der Waals surface area contributed by atoms with E-state index in [-0.39, 0.29) is 12.1 Å². The van der Waals surface area contributed by atoms with E-state index in [9.17, 15) is 18.4 Å². The smallest absolute Gasteiger partial charge is 0.418 e. The Morgan fingerprint density at radius 3 is 2.32 bits per heavy atom. The van der Waals surface area contributed by atoms with Crippen LogP contribution in [0.3, 0.4) is 0 Å². The Hall–Kier alpha value is -2.18. The molecule has 1 rings (SSSR count). The second-order valence-corrected chi connectivity index (χ2v) is 5.91. The van der Waals surface area contributed by atoms with Gasteiger partial charge in [0.2, 0.25) is 0 Å². The molecule has 3 amide bonds. The van der Waals surface area contributed by atoms with Gasteiger partial charge in [-0.2, -0.15) is 0 Å². The summed E-state index contributed by atoms with van der Waals surface area (Å²) in [5.74, 6) is -1.22. The molecule has 5 nitrogen and oxygen atoms in total. The number of ether oxygens (including phenoxy) is 1. The number of amides is 3. The van der Waals surface area contributed by atoms with Crippen LogP contribution in [0.25, 0.3) is 0 Å². The predicted molar refractivity (Wildman–Crippen MR) is 77.2 cm³/mol. The lowest BCUT2D eigenvalue weighted by Gasteiger charge is -2.27. The lowest BCUT2D eigenvalue weighted by atomic mass is 10.2. The van der Waals surface area contributed by atoms with Gasteiger partial charge in [0, 0.05) is 19.7 Å². The molecule has 0 fully saturated rings. The Labute approximate surface area is 128 Å². The molecule has 1 aromatic rings. The molecule has 0 heterocycles. The van der Waals surface area contributed by atoms with Gasteiger partial charge in [0.1, 0.15) is 17.2 Å². The SMILES string of the molecule is CN(Cc1cc(F)ccc1F)C(=O)N(C)C(=O)OC(C)(C)C. The van der Waals surface area contributed by atoms with Gasteiger partial charge in [0.15, 0.2) is 0 Å². The molecule has 0 spiro atoms. The van der Waals surface area contributed by atoms with Gasteiger partial charge in [0.05, 0.1) is 6.54 Å². The molecule has 0 saturated carbocycles. The fourth-order valence-electron chi connectivity index (χ4n) is 1.65. The maximum atomic E-state index is 13.6. The fourth-order valence-corrected chi connectivity index (χ4v) is 1.65. The molecule has 1 aromatic carbocycles. The van der Waals surface area contributed by atoms with Crippen molar-refractivity contribution in [2.45, 2.75) is 32.9 Å². The number of carbonyl (C=O) groups is 2. The van der Waals surface area contributed by atoms with Gasteiger partial charge in [-0.3, -0.25) is 0 Å². The molecule has 0 unspecified atom stereocenters. The molecule has 0 N–H and O–H groups in total. The van der Waals surface area contributed by atoms with Crippen LogP contribution in [-0.4, -0.2) is 41.6 Å². The molecular weight excluding hydrogens is 294 g/mol. The van der Waals surface area contributed by atoms with Crippen molar-refractivity contribution in [3.63, 3.8) is 0 Å². The number of imide groups is 1. The average molecular weight is 314 g/mol. The summed E-state index contributed by atoms with van der Waals surface area (Å²) in [6.45, 7) is 4.86. The van der Waals surface area contributed by atoms with Crippen molar-refractivity contribution >= 4 is 12.1 Å². The van der Waals surface area contributed by atoms with E-state index in [0.29, 0.717) is 0 Å². The summed E-state index contributed by atoms with van der Waals surface area (Å²) in [7, 11) is 2.64. The van der Waals surface area contributed by atoms with Gasteiger partial charge >= 0.3 is 12.1 Å². The average Bonchev–Trinajstić information content (AvgIpc) is 2.39. The fraction of sp³-hybridized carbons (Fsp3) is 0.467. The van der Waals surface area contributed by atoms with E-state index in [2.05, 4.69) is 0 Å². The number of hydrogen-bond donors (Lipinski definition) is 0. The number of hydrogen-bond acceptors (Lipinski definition) is 3. The molecule has 7 heteroatoms. The largest absolute Gasteiger partial charge is 0.443 e. The van der Waals surface area contributed by atoms with Crippen molar-refractivity contribution in [1.82, 2.24) is 9.80 Å². The Balaban J connectivity index is 2.76. The first-order chi connectivity index (χ1) is 10.0. The van der Waals surface area contributed by atoms with Crippen molar-refractivity contribution in [2.75, 3.05) is 14.1 Å². The zero-order valence-electron chi connectivity index (χ0n) is 13.3. The standard InChI is InChI=1S/C15H20F2N2O3/c1-15(2,3)22-14(21)19(5)13(20)18(4)9-10-8-11(16)6-7-12(10)17/h6-8H,9H2,1-5H3. The molecule has 0 aliphatic rings. The van der Waals surface area contributed by atoms with Crippen LogP contribution in [-0.2, 0) is 11.3 Å². The molecule has 0 radical (unpaired) electrons. The first-order valence-electron chi connectivity index (χ1n) is 6.67. The second kappa shape index (κ2) is 6.72. The molecule has 0 aliphatic carbocycles. The number of halogens is 2. The summed E-state index contributed by atoms with van der Waals surface area (Å²) in [4.78, 5) is 25.8. The van der Waals surface area contributed by atoms with Crippen molar-refractivity contribution in [3.05, 3.63) is 35.4 Å². The highest BCUT2D eigenvalue weighted by atomic mass is 19.1. The number of rotatable bonds is 2. The molecular formula is C15H20F2N2O3. The summed E-state index contributed by atoms with van der Waals surface area (Å²) >= 11 is 0. The lowest BCUT2D eigenvalue weighted by Crippen LogP contribution is -2.44. The molecule has 0 aromatic heterocycles. The zero-order chi connectivity index (χ0) is 17.1. The van der Waals surface area contributed by atoms with Crippen molar-refractivity contribution in [2.24, 2.45) is 0 Å². The molecule has 0 bridgehead atoms. The maximum Gasteiger partial charge on any atom is 0.418 e. The second-order valence-electron chi connectivity index (χ2n) is 5.91. The van der Waals surface area contributed by atoms with Gasteiger partial charge in [-0.05, 0) is 39.0 Å². The predicted octanol–water partition coefficient (Wildman–Crippen LogP) is 3.38. The third-order valence-electron chi connectivity index (χ3n) is 2.70.